The second kappa shape index (κ2) is 10.5. The summed E-state index contributed by atoms with van der Waals surface area (Å²) in [5.41, 5.74) is 0. The van der Waals surface area contributed by atoms with Gasteiger partial charge < -0.3 is 19.7 Å². The lowest BCUT2D eigenvalue weighted by Gasteiger charge is -2.09. The van der Waals surface area contributed by atoms with Crippen molar-refractivity contribution in [1.29, 1.82) is 0 Å². The summed E-state index contributed by atoms with van der Waals surface area (Å²) < 4.78 is 10.0. The first kappa shape index (κ1) is 21.5. The average Bonchev–Trinajstić information content (AvgIpc) is 2.59. The quantitative estimate of drug-likeness (QED) is 0.758. The Morgan fingerprint density at radius 2 is 1.38 bits per heavy atom. The molecule has 2 rings (SSSR count). The van der Waals surface area contributed by atoms with Crippen LogP contribution in [0.25, 0.3) is 0 Å². The van der Waals surface area contributed by atoms with Gasteiger partial charge in [-0.15, -0.1) is 0 Å². The van der Waals surface area contributed by atoms with Gasteiger partial charge >= 0.3 is 11.9 Å². The molecule has 0 saturated carbocycles. The summed E-state index contributed by atoms with van der Waals surface area (Å²) >= 11 is 11.2. The second-order valence-electron chi connectivity index (χ2n) is 4.97. The molecule has 7 nitrogen and oxygen atoms in total. The molecule has 9 heteroatoms. The van der Waals surface area contributed by atoms with Crippen molar-refractivity contribution >= 4 is 35.1 Å². The van der Waals surface area contributed by atoms with Gasteiger partial charge in [-0.25, -0.2) is 14.6 Å². The van der Waals surface area contributed by atoms with E-state index in [2.05, 4.69) is 4.98 Å². The van der Waals surface area contributed by atoms with Gasteiger partial charge in [-0.1, -0.05) is 23.2 Å². The van der Waals surface area contributed by atoms with Crippen LogP contribution in [0.3, 0.4) is 0 Å². The fraction of sp³-hybridized carbons (Fsp3) is 0.235. The molecule has 0 aliphatic rings. The smallest absolute Gasteiger partial charge is 0.344 e. The molecule has 0 aliphatic heterocycles. The van der Waals surface area contributed by atoms with E-state index in [1.165, 1.54) is 26.1 Å². The summed E-state index contributed by atoms with van der Waals surface area (Å²) in [6.45, 7) is 2.90. The lowest BCUT2D eigenvalue weighted by atomic mass is 10.3. The van der Waals surface area contributed by atoms with Crippen LogP contribution in [0.5, 0.6) is 11.6 Å². The second-order valence-corrected chi connectivity index (χ2v) is 5.84. The Morgan fingerprint density at radius 1 is 0.885 bits per heavy atom. The largest absolute Gasteiger partial charge is 0.479 e. The van der Waals surface area contributed by atoms with Crippen LogP contribution >= 0.6 is 23.2 Å². The molecule has 0 spiro atoms. The fourth-order valence-corrected chi connectivity index (χ4v) is 1.67. The molecule has 2 unspecified atom stereocenters. The van der Waals surface area contributed by atoms with E-state index in [1.54, 1.807) is 30.3 Å². The number of aliphatic carboxylic acids is 2. The molecular weight excluding hydrogens is 385 g/mol. The van der Waals surface area contributed by atoms with Crippen molar-refractivity contribution in [3.8, 4) is 11.6 Å². The minimum Gasteiger partial charge on any atom is -0.479 e. The highest BCUT2D eigenvalue weighted by molar-refractivity contribution is 6.30. The predicted octanol–water partition coefficient (Wildman–Crippen LogP) is 3.78. The molecule has 140 valence electrons. The lowest BCUT2D eigenvalue weighted by molar-refractivity contribution is -0.145. The summed E-state index contributed by atoms with van der Waals surface area (Å²) in [7, 11) is 0. The van der Waals surface area contributed by atoms with E-state index in [9.17, 15) is 9.59 Å². The zero-order valence-electron chi connectivity index (χ0n) is 13.9. The Labute approximate surface area is 160 Å². The zero-order valence-corrected chi connectivity index (χ0v) is 15.4. The van der Waals surface area contributed by atoms with Crippen LogP contribution in [-0.2, 0) is 9.59 Å². The normalized spacial score (nSPS) is 12.2. The van der Waals surface area contributed by atoms with Gasteiger partial charge in [0.25, 0.3) is 0 Å². The van der Waals surface area contributed by atoms with Crippen molar-refractivity contribution < 1.29 is 29.3 Å². The highest BCUT2D eigenvalue weighted by Gasteiger charge is 2.12. The number of halogens is 2. The topological polar surface area (TPSA) is 106 Å². The van der Waals surface area contributed by atoms with Crippen LogP contribution in [0.2, 0.25) is 10.0 Å². The summed E-state index contributed by atoms with van der Waals surface area (Å²) in [5.74, 6) is -1.27. The number of carboxylic acid groups (broad SMARTS) is 2. The number of carboxylic acids is 2. The molecule has 0 aliphatic carbocycles. The first-order chi connectivity index (χ1) is 12.2. The summed E-state index contributed by atoms with van der Waals surface area (Å²) in [5, 5.41) is 18.1. The molecule has 0 bridgehead atoms. The van der Waals surface area contributed by atoms with E-state index in [0.29, 0.717) is 15.8 Å². The molecular formula is C17H17Cl2NO6. The van der Waals surface area contributed by atoms with Gasteiger partial charge in [-0.05, 0) is 44.2 Å². The monoisotopic (exact) mass is 401 g/mol. The SMILES string of the molecule is CC(Oc1ccc(Cl)cc1)C(=O)O.CC(Oc1ccc(Cl)cn1)C(=O)O. The van der Waals surface area contributed by atoms with Crippen LogP contribution in [0, 0.1) is 0 Å². The molecule has 1 aromatic carbocycles. The number of pyridine rings is 1. The predicted molar refractivity (Wildman–Crippen MR) is 96.2 cm³/mol. The van der Waals surface area contributed by atoms with Crippen LogP contribution in [0.15, 0.2) is 42.6 Å². The van der Waals surface area contributed by atoms with Crippen molar-refractivity contribution in [3.05, 3.63) is 52.6 Å². The first-order valence-electron chi connectivity index (χ1n) is 7.35. The van der Waals surface area contributed by atoms with Crippen LogP contribution in [0.1, 0.15) is 13.8 Å². The average molecular weight is 402 g/mol. The highest BCUT2D eigenvalue weighted by atomic mass is 35.5. The molecule has 1 aromatic heterocycles. The van der Waals surface area contributed by atoms with E-state index in [4.69, 9.17) is 42.9 Å². The van der Waals surface area contributed by atoms with Crippen molar-refractivity contribution in [1.82, 2.24) is 4.98 Å². The minimum atomic E-state index is -1.03. The van der Waals surface area contributed by atoms with Gasteiger partial charge in [-0.3, -0.25) is 0 Å². The highest BCUT2D eigenvalue weighted by Crippen LogP contribution is 2.16. The van der Waals surface area contributed by atoms with Gasteiger partial charge in [-0.2, -0.15) is 0 Å². The number of hydrogen-bond donors (Lipinski definition) is 2. The lowest BCUT2D eigenvalue weighted by Crippen LogP contribution is -2.23. The Morgan fingerprint density at radius 3 is 1.85 bits per heavy atom. The number of aromatic nitrogens is 1. The van der Waals surface area contributed by atoms with Crippen molar-refractivity contribution in [2.24, 2.45) is 0 Å². The third-order valence-electron chi connectivity index (χ3n) is 2.82. The van der Waals surface area contributed by atoms with Gasteiger partial charge in [0.2, 0.25) is 5.88 Å². The maximum Gasteiger partial charge on any atom is 0.344 e. The van der Waals surface area contributed by atoms with Crippen LogP contribution < -0.4 is 9.47 Å². The van der Waals surface area contributed by atoms with Gasteiger partial charge in [0, 0.05) is 17.3 Å². The molecule has 2 aromatic rings. The van der Waals surface area contributed by atoms with E-state index in [0.717, 1.165) is 0 Å². The summed E-state index contributed by atoms with van der Waals surface area (Å²) in [6, 6.07) is 9.64. The van der Waals surface area contributed by atoms with Crippen LogP contribution in [0.4, 0.5) is 0 Å². The maximum absolute atomic E-state index is 10.4. The molecule has 2 atom stereocenters. The third-order valence-corrected chi connectivity index (χ3v) is 3.30. The standard InChI is InChI=1S/C9H9ClO3.C8H8ClNO3/c1-6(9(11)12)13-8-4-2-7(10)3-5-8;1-5(8(11)12)13-7-3-2-6(9)4-10-7/h2-6H,1H3,(H,11,12);2-5H,1H3,(H,11,12). The summed E-state index contributed by atoms with van der Waals surface area (Å²) in [4.78, 5) is 24.6. The van der Waals surface area contributed by atoms with Gasteiger partial charge in [0.05, 0.1) is 5.02 Å². The minimum absolute atomic E-state index is 0.249. The molecule has 0 fully saturated rings. The van der Waals surface area contributed by atoms with E-state index < -0.39 is 24.1 Å². The van der Waals surface area contributed by atoms with Crippen molar-refractivity contribution in [2.75, 3.05) is 0 Å². The van der Waals surface area contributed by atoms with E-state index >= 15 is 0 Å². The summed E-state index contributed by atoms with van der Waals surface area (Å²) in [6.07, 6.45) is -0.360. The molecule has 0 radical (unpaired) electrons. The number of hydrogen-bond acceptors (Lipinski definition) is 5. The van der Waals surface area contributed by atoms with Crippen molar-refractivity contribution in [2.45, 2.75) is 26.1 Å². The van der Waals surface area contributed by atoms with E-state index in [1.807, 2.05) is 0 Å². The fourth-order valence-electron chi connectivity index (χ4n) is 1.43. The Bertz CT molecular complexity index is 658. The number of rotatable bonds is 6. The zero-order chi connectivity index (χ0) is 19.7. The van der Waals surface area contributed by atoms with E-state index in [-0.39, 0.29) is 5.88 Å². The van der Waals surface area contributed by atoms with Gasteiger partial charge in [0.15, 0.2) is 12.2 Å². The Kier molecular flexibility index (Phi) is 8.67. The number of benzene rings is 1. The number of carbonyl (C=O) groups is 2. The Balaban J connectivity index is 0.000000260. The van der Waals surface area contributed by atoms with Crippen LogP contribution in [-0.4, -0.2) is 39.3 Å². The molecule has 2 N–H and O–H groups in total. The Hall–Kier alpha value is -2.51. The molecule has 1 heterocycles. The molecule has 0 saturated heterocycles. The number of nitrogens with zero attached hydrogens (tertiary/aromatic N) is 1. The maximum atomic E-state index is 10.4. The van der Waals surface area contributed by atoms with Gasteiger partial charge in [0.1, 0.15) is 5.75 Å². The third kappa shape index (κ3) is 8.04. The first-order valence-corrected chi connectivity index (χ1v) is 8.10. The van der Waals surface area contributed by atoms with Crippen molar-refractivity contribution in [3.63, 3.8) is 0 Å². The molecule has 26 heavy (non-hydrogen) atoms. The number of ether oxygens (including phenoxy) is 2. The molecule has 0 amide bonds.